The van der Waals surface area contributed by atoms with Crippen molar-refractivity contribution in [2.75, 3.05) is 32.1 Å². The number of alkyl halides is 3. The number of aldehydes is 1. The third kappa shape index (κ3) is 4.46. The van der Waals surface area contributed by atoms with Crippen LogP contribution in [-0.2, 0) is 6.18 Å². The zero-order chi connectivity index (χ0) is 16.2. The molecule has 21 heavy (non-hydrogen) atoms. The van der Waals surface area contributed by atoms with Crippen LogP contribution in [0.4, 0.5) is 18.9 Å². The molecule has 1 aromatic rings. The van der Waals surface area contributed by atoms with Gasteiger partial charge in [0.15, 0.2) is 6.29 Å². The van der Waals surface area contributed by atoms with E-state index in [0.717, 1.165) is 12.6 Å². The minimum atomic E-state index is -4.53. The van der Waals surface area contributed by atoms with Crippen molar-refractivity contribution < 1.29 is 18.0 Å². The summed E-state index contributed by atoms with van der Waals surface area (Å²) in [6.45, 7) is 5.18. The van der Waals surface area contributed by atoms with Crippen molar-refractivity contribution in [2.24, 2.45) is 0 Å². The molecule has 6 heteroatoms. The second kappa shape index (κ2) is 6.93. The molecule has 0 spiro atoms. The van der Waals surface area contributed by atoms with E-state index < -0.39 is 11.7 Å². The topological polar surface area (TPSA) is 23.6 Å². The first-order valence-electron chi connectivity index (χ1n) is 6.78. The summed E-state index contributed by atoms with van der Waals surface area (Å²) in [5, 5.41) is 0. The van der Waals surface area contributed by atoms with E-state index in [1.54, 1.807) is 6.07 Å². The van der Waals surface area contributed by atoms with Gasteiger partial charge >= 0.3 is 6.18 Å². The smallest absolute Gasteiger partial charge is 0.368 e. The van der Waals surface area contributed by atoms with E-state index >= 15 is 0 Å². The number of hydrogen-bond donors (Lipinski definition) is 0. The quantitative estimate of drug-likeness (QED) is 0.753. The summed E-state index contributed by atoms with van der Waals surface area (Å²) in [5.41, 5.74) is -0.738. The molecule has 3 nitrogen and oxygen atoms in total. The lowest BCUT2D eigenvalue weighted by atomic mass is 10.1. The van der Waals surface area contributed by atoms with Gasteiger partial charge in [0.1, 0.15) is 0 Å². The molecule has 0 saturated heterocycles. The van der Waals surface area contributed by atoms with Crippen molar-refractivity contribution in [1.29, 1.82) is 0 Å². The highest BCUT2D eigenvalue weighted by Crippen LogP contribution is 2.34. The number of anilines is 1. The van der Waals surface area contributed by atoms with Crippen LogP contribution in [0.15, 0.2) is 18.2 Å². The molecule has 0 fully saturated rings. The van der Waals surface area contributed by atoms with E-state index in [1.165, 1.54) is 6.07 Å². The molecule has 1 rings (SSSR count). The molecule has 1 unspecified atom stereocenters. The lowest BCUT2D eigenvalue weighted by molar-refractivity contribution is -0.137. The Morgan fingerprint density at radius 2 is 1.90 bits per heavy atom. The van der Waals surface area contributed by atoms with Gasteiger partial charge in [-0.15, -0.1) is 0 Å². The summed E-state index contributed by atoms with van der Waals surface area (Å²) < 4.78 is 39.0. The minimum absolute atomic E-state index is 0.0631. The van der Waals surface area contributed by atoms with Gasteiger partial charge < -0.3 is 9.80 Å². The number of halogens is 3. The van der Waals surface area contributed by atoms with Crippen molar-refractivity contribution in [3.63, 3.8) is 0 Å². The highest BCUT2D eigenvalue weighted by molar-refractivity contribution is 5.79. The number of benzene rings is 1. The normalized spacial score (nSPS) is 13.3. The molecule has 0 aliphatic heterocycles. The Bertz CT molecular complexity index is 486. The highest BCUT2D eigenvalue weighted by atomic mass is 19.4. The molecule has 0 aromatic heterocycles. The fourth-order valence-electron chi connectivity index (χ4n) is 2.45. The molecule has 1 atom stereocenters. The van der Waals surface area contributed by atoms with Crippen LogP contribution in [0.3, 0.4) is 0 Å². The summed E-state index contributed by atoms with van der Waals surface area (Å²) in [7, 11) is 3.84. The predicted molar refractivity (Wildman–Crippen MR) is 77.9 cm³/mol. The van der Waals surface area contributed by atoms with Crippen molar-refractivity contribution in [1.82, 2.24) is 4.90 Å². The minimum Gasteiger partial charge on any atom is -0.368 e. The van der Waals surface area contributed by atoms with Crippen LogP contribution in [0.2, 0.25) is 0 Å². The average Bonchev–Trinajstić information content (AvgIpc) is 2.37. The number of hydrogen-bond acceptors (Lipinski definition) is 3. The third-order valence-electron chi connectivity index (χ3n) is 3.30. The lowest BCUT2D eigenvalue weighted by Gasteiger charge is -2.32. The van der Waals surface area contributed by atoms with Gasteiger partial charge in [-0.2, -0.15) is 13.2 Å². The molecule has 0 heterocycles. The Morgan fingerprint density at radius 1 is 1.29 bits per heavy atom. The second-order valence-electron chi connectivity index (χ2n) is 5.28. The highest BCUT2D eigenvalue weighted by Gasteiger charge is 2.34. The predicted octanol–water partition coefficient (Wildman–Crippen LogP) is 3.29. The van der Waals surface area contributed by atoms with E-state index in [4.69, 9.17) is 0 Å². The van der Waals surface area contributed by atoms with Gasteiger partial charge in [-0.05, 0) is 46.1 Å². The van der Waals surface area contributed by atoms with Crippen LogP contribution in [0.25, 0.3) is 0 Å². The maximum atomic E-state index is 13.0. The Kier molecular flexibility index (Phi) is 5.78. The summed E-state index contributed by atoms with van der Waals surface area (Å²) in [6.07, 6.45) is -4.29. The van der Waals surface area contributed by atoms with E-state index in [1.807, 2.05) is 37.7 Å². The Morgan fingerprint density at radius 3 is 2.33 bits per heavy atom. The molecule has 0 N–H and O–H groups in total. The molecule has 0 bridgehead atoms. The zero-order valence-electron chi connectivity index (χ0n) is 12.7. The van der Waals surface area contributed by atoms with Crippen LogP contribution >= 0.6 is 0 Å². The van der Waals surface area contributed by atoms with Gasteiger partial charge in [-0.25, -0.2) is 0 Å². The molecule has 0 saturated carbocycles. The maximum Gasteiger partial charge on any atom is 0.417 e. The first-order valence-corrected chi connectivity index (χ1v) is 6.78. The number of carbonyl (C=O) groups excluding carboxylic acids is 1. The van der Waals surface area contributed by atoms with Crippen molar-refractivity contribution in [3.8, 4) is 0 Å². The first-order chi connectivity index (χ1) is 9.70. The van der Waals surface area contributed by atoms with Gasteiger partial charge in [0.25, 0.3) is 0 Å². The molecule has 0 aliphatic carbocycles. The summed E-state index contributed by atoms with van der Waals surface area (Å²) >= 11 is 0. The van der Waals surface area contributed by atoms with E-state index in [-0.39, 0.29) is 17.9 Å². The van der Waals surface area contributed by atoms with Crippen molar-refractivity contribution >= 4 is 12.0 Å². The Balaban J connectivity index is 3.20. The van der Waals surface area contributed by atoms with E-state index in [9.17, 15) is 18.0 Å². The SMILES string of the molecule is CCN(c1ccc(C=O)c(C(F)(F)F)c1)C(C)CN(C)C. The molecule has 0 aliphatic rings. The molecule has 118 valence electrons. The second-order valence-corrected chi connectivity index (χ2v) is 5.28. The summed E-state index contributed by atoms with van der Waals surface area (Å²) in [4.78, 5) is 14.7. The van der Waals surface area contributed by atoms with Crippen LogP contribution in [-0.4, -0.2) is 44.4 Å². The van der Waals surface area contributed by atoms with Crippen LogP contribution in [0.1, 0.15) is 29.8 Å². The monoisotopic (exact) mass is 302 g/mol. The van der Waals surface area contributed by atoms with Gasteiger partial charge in [-0.1, -0.05) is 0 Å². The van der Waals surface area contributed by atoms with Gasteiger partial charge in [0.05, 0.1) is 5.56 Å². The van der Waals surface area contributed by atoms with Crippen LogP contribution in [0.5, 0.6) is 0 Å². The van der Waals surface area contributed by atoms with Crippen LogP contribution in [0, 0.1) is 0 Å². The van der Waals surface area contributed by atoms with E-state index in [0.29, 0.717) is 12.2 Å². The van der Waals surface area contributed by atoms with Gasteiger partial charge in [-0.3, -0.25) is 4.79 Å². The largest absolute Gasteiger partial charge is 0.417 e. The van der Waals surface area contributed by atoms with Gasteiger partial charge in [0.2, 0.25) is 0 Å². The third-order valence-corrected chi connectivity index (χ3v) is 3.30. The lowest BCUT2D eigenvalue weighted by Crippen LogP contribution is -2.40. The first kappa shape index (κ1) is 17.5. The molecular formula is C15H21F3N2O. The fourth-order valence-corrected chi connectivity index (χ4v) is 2.45. The van der Waals surface area contributed by atoms with Crippen molar-refractivity contribution in [2.45, 2.75) is 26.1 Å². The number of nitrogens with zero attached hydrogens (tertiary/aromatic N) is 2. The van der Waals surface area contributed by atoms with Gasteiger partial charge in [0, 0.05) is 30.4 Å². The van der Waals surface area contributed by atoms with E-state index in [2.05, 4.69) is 0 Å². The Labute approximate surface area is 123 Å². The van der Waals surface area contributed by atoms with Crippen molar-refractivity contribution in [3.05, 3.63) is 29.3 Å². The maximum absolute atomic E-state index is 13.0. The number of rotatable bonds is 6. The molecule has 0 amide bonds. The average molecular weight is 302 g/mol. The Hall–Kier alpha value is -1.56. The number of carbonyl (C=O) groups is 1. The standard InChI is InChI=1S/C15H21F3N2O/c1-5-20(11(2)9-19(3)4)13-7-6-12(10-21)14(8-13)15(16,17)18/h6-8,10-11H,5,9H2,1-4H3. The number of likely N-dealkylation sites (N-methyl/N-ethyl adjacent to an activating group) is 2. The summed E-state index contributed by atoms with van der Waals surface area (Å²) in [5.74, 6) is 0. The summed E-state index contributed by atoms with van der Waals surface area (Å²) in [6, 6.07) is 3.91. The fraction of sp³-hybridized carbons (Fsp3) is 0.533. The zero-order valence-corrected chi connectivity index (χ0v) is 12.7. The molecular weight excluding hydrogens is 281 g/mol. The molecule has 0 radical (unpaired) electrons. The molecule has 1 aromatic carbocycles. The van der Waals surface area contributed by atoms with Crippen LogP contribution < -0.4 is 4.90 Å².